The standard InChI is InChI=1S/C26H42O12P4/c1-9-10-11-14-22-17-24(37-41(29,35-7)19-39(27,31-3)32-4)26(23-15-12-13-21(2)16-23)25(18-22)38-42(30,36-8)20-40(28,33-5)34-6/h12-13,15-18H,9-11,14,19-20H2,1-8H3. The number of rotatable bonds is 19. The van der Waals surface area contributed by atoms with Crippen molar-refractivity contribution < 1.29 is 54.5 Å². The van der Waals surface area contributed by atoms with E-state index in [0.717, 1.165) is 39.0 Å². The van der Waals surface area contributed by atoms with Crippen molar-refractivity contribution in [2.24, 2.45) is 0 Å². The molecule has 238 valence electrons. The summed E-state index contributed by atoms with van der Waals surface area (Å²) in [6.07, 6.45) is 3.30. The zero-order valence-electron chi connectivity index (χ0n) is 25.4. The van der Waals surface area contributed by atoms with Crippen LogP contribution in [-0.4, -0.2) is 54.5 Å². The van der Waals surface area contributed by atoms with Gasteiger partial charge < -0.3 is 36.2 Å². The maximum absolute atomic E-state index is 13.9. The molecule has 2 aromatic carbocycles. The van der Waals surface area contributed by atoms with Gasteiger partial charge in [-0.05, 0) is 43.0 Å². The molecule has 0 amide bonds. The summed E-state index contributed by atoms with van der Waals surface area (Å²) in [6, 6.07) is 10.6. The average Bonchev–Trinajstić information content (AvgIpc) is 2.97. The molecule has 2 aromatic rings. The van der Waals surface area contributed by atoms with Gasteiger partial charge >= 0.3 is 30.4 Å². The fraction of sp³-hybridized carbons (Fsp3) is 0.538. The Morgan fingerprint density at radius 2 is 1.07 bits per heavy atom. The van der Waals surface area contributed by atoms with Gasteiger partial charge in [0.2, 0.25) is 0 Å². The van der Waals surface area contributed by atoms with Crippen LogP contribution in [0.4, 0.5) is 0 Å². The highest BCUT2D eigenvalue weighted by atomic mass is 31.2. The van der Waals surface area contributed by atoms with Crippen LogP contribution in [0.3, 0.4) is 0 Å². The van der Waals surface area contributed by atoms with E-state index < -0.39 is 42.2 Å². The van der Waals surface area contributed by atoms with Crippen LogP contribution in [0, 0.1) is 6.92 Å². The molecule has 0 spiro atoms. The van der Waals surface area contributed by atoms with Gasteiger partial charge in [0, 0.05) is 42.7 Å². The van der Waals surface area contributed by atoms with Gasteiger partial charge in [-0.2, -0.15) is 0 Å². The molecule has 0 N–H and O–H groups in total. The third kappa shape index (κ3) is 10.1. The molecule has 0 bridgehead atoms. The van der Waals surface area contributed by atoms with Crippen LogP contribution >= 0.6 is 30.4 Å². The molecule has 0 aliphatic rings. The summed E-state index contributed by atoms with van der Waals surface area (Å²) in [6.45, 7) is 3.95. The highest BCUT2D eigenvalue weighted by Crippen LogP contribution is 2.66. The zero-order chi connectivity index (χ0) is 31.6. The van der Waals surface area contributed by atoms with E-state index in [-0.39, 0.29) is 17.1 Å². The van der Waals surface area contributed by atoms with E-state index in [0.29, 0.717) is 17.5 Å². The third-order valence-corrected chi connectivity index (χ3v) is 16.2. The Labute approximate surface area is 248 Å². The van der Waals surface area contributed by atoms with Crippen LogP contribution in [0.5, 0.6) is 11.5 Å². The van der Waals surface area contributed by atoms with E-state index in [1.54, 1.807) is 24.3 Å². The second kappa shape index (κ2) is 16.2. The van der Waals surface area contributed by atoms with Gasteiger partial charge in [0.1, 0.15) is 11.5 Å². The molecule has 0 fully saturated rings. The average molecular weight is 671 g/mol. The van der Waals surface area contributed by atoms with Crippen molar-refractivity contribution in [3.63, 3.8) is 0 Å². The van der Waals surface area contributed by atoms with Crippen molar-refractivity contribution in [3.8, 4) is 22.6 Å². The lowest BCUT2D eigenvalue weighted by Gasteiger charge is -2.26. The van der Waals surface area contributed by atoms with E-state index in [4.69, 9.17) is 36.2 Å². The Morgan fingerprint density at radius 1 is 0.619 bits per heavy atom. The van der Waals surface area contributed by atoms with Crippen molar-refractivity contribution in [1.82, 2.24) is 0 Å². The first-order valence-electron chi connectivity index (χ1n) is 13.1. The normalized spacial score (nSPS) is 15.1. The summed E-state index contributed by atoms with van der Waals surface area (Å²) in [5.41, 5.74) is 2.42. The second-order valence-electron chi connectivity index (χ2n) is 9.30. The first-order chi connectivity index (χ1) is 19.8. The maximum atomic E-state index is 13.9. The lowest BCUT2D eigenvalue weighted by atomic mass is 9.98. The molecule has 16 heteroatoms. The first-order valence-corrected chi connectivity index (χ1v) is 20.0. The van der Waals surface area contributed by atoms with Gasteiger partial charge in [-0.25, -0.2) is 9.13 Å². The molecule has 0 aromatic heterocycles. The lowest BCUT2D eigenvalue weighted by Crippen LogP contribution is -2.07. The molecule has 0 aliphatic carbocycles. The zero-order valence-corrected chi connectivity index (χ0v) is 29.0. The highest BCUT2D eigenvalue weighted by Gasteiger charge is 2.41. The molecule has 0 aliphatic heterocycles. The minimum absolute atomic E-state index is 0.0536. The Kier molecular flexibility index (Phi) is 14.2. The fourth-order valence-electron chi connectivity index (χ4n) is 3.95. The van der Waals surface area contributed by atoms with Crippen molar-refractivity contribution >= 4 is 30.4 Å². The van der Waals surface area contributed by atoms with Crippen LogP contribution < -0.4 is 9.05 Å². The molecule has 0 saturated heterocycles. The van der Waals surface area contributed by atoms with Gasteiger partial charge in [-0.15, -0.1) is 0 Å². The summed E-state index contributed by atoms with van der Waals surface area (Å²) >= 11 is 0. The van der Waals surface area contributed by atoms with Gasteiger partial charge in [0.05, 0.1) is 5.56 Å². The lowest BCUT2D eigenvalue weighted by molar-refractivity contribution is 0.272. The van der Waals surface area contributed by atoms with E-state index in [9.17, 15) is 18.3 Å². The summed E-state index contributed by atoms with van der Waals surface area (Å²) in [5.74, 6) is -1.24. The number of hydrogen-bond acceptors (Lipinski definition) is 12. The van der Waals surface area contributed by atoms with E-state index in [1.165, 1.54) is 28.4 Å². The molecular weight excluding hydrogens is 628 g/mol. The Bertz CT molecular complexity index is 1290. The summed E-state index contributed by atoms with van der Waals surface area (Å²) in [5, 5.41) is 0. The predicted molar refractivity (Wildman–Crippen MR) is 163 cm³/mol. The van der Waals surface area contributed by atoms with Gasteiger partial charge in [0.25, 0.3) is 0 Å². The number of unbranched alkanes of at least 4 members (excludes halogenated alkanes) is 2. The quantitative estimate of drug-likeness (QED) is 0.104. The Hall–Kier alpha value is -1.28. The molecular formula is C26H42O12P4. The number of hydrogen-bond donors (Lipinski definition) is 0. The molecule has 2 unspecified atom stereocenters. The monoisotopic (exact) mass is 670 g/mol. The maximum Gasteiger partial charge on any atom is 0.391 e. The van der Waals surface area contributed by atoms with Crippen LogP contribution in [-0.2, 0) is 51.8 Å². The largest absolute Gasteiger partial charge is 0.423 e. The predicted octanol–water partition coefficient (Wildman–Crippen LogP) is 8.72. The highest BCUT2D eigenvalue weighted by molar-refractivity contribution is 7.72. The van der Waals surface area contributed by atoms with Crippen molar-refractivity contribution in [1.29, 1.82) is 0 Å². The molecule has 2 atom stereocenters. The Balaban J connectivity index is 2.84. The summed E-state index contributed by atoms with van der Waals surface area (Å²) in [7, 11) is -8.98. The van der Waals surface area contributed by atoms with Crippen LogP contribution in [0.15, 0.2) is 36.4 Å². The molecule has 2 rings (SSSR count). The van der Waals surface area contributed by atoms with Crippen molar-refractivity contribution in [2.45, 2.75) is 39.5 Å². The molecule has 0 heterocycles. The molecule has 12 nitrogen and oxygen atoms in total. The summed E-state index contributed by atoms with van der Waals surface area (Å²) < 4.78 is 96.1. The van der Waals surface area contributed by atoms with Crippen molar-refractivity contribution in [3.05, 3.63) is 47.5 Å². The number of benzene rings is 2. The van der Waals surface area contributed by atoms with Gasteiger partial charge in [-0.1, -0.05) is 49.6 Å². The van der Waals surface area contributed by atoms with Crippen LogP contribution in [0.2, 0.25) is 0 Å². The smallest absolute Gasteiger partial charge is 0.391 e. The summed E-state index contributed by atoms with van der Waals surface area (Å²) in [4.78, 5) is 0. The van der Waals surface area contributed by atoms with Crippen LogP contribution in [0.1, 0.15) is 37.3 Å². The minimum atomic E-state index is -4.16. The van der Waals surface area contributed by atoms with E-state index in [2.05, 4.69) is 6.92 Å². The Morgan fingerprint density at radius 3 is 1.45 bits per heavy atom. The van der Waals surface area contributed by atoms with Gasteiger partial charge in [0.15, 0.2) is 11.8 Å². The third-order valence-electron chi connectivity index (χ3n) is 6.34. The second-order valence-corrected chi connectivity index (χ2v) is 19.0. The molecule has 42 heavy (non-hydrogen) atoms. The number of aryl methyl sites for hydroxylation is 2. The SMILES string of the molecule is CCCCCc1cc(OP(=O)(CP(=O)(OC)OC)OC)c(-c2cccc(C)c2)c(OP(=O)(CP(=O)(OC)OC)OC)c1. The van der Waals surface area contributed by atoms with Crippen LogP contribution in [0.25, 0.3) is 11.1 Å². The van der Waals surface area contributed by atoms with E-state index >= 15 is 0 Å². The molecule has 0 saturated carbocycles. The topological polar surface area (TPSA) is 142 Å². The minimum Gasteiger partial charge on any atom is -0.423 e. The molecule has 0 radical (unpaired) electrons. The first kappa shape index (κ1) is 36.9. The fourth-order valence-corrected chi connectivity index (χ4v) is 11.9. The van der Waals surface area contributed by atoms with Crippen molar-refractivity contribution in [2.75, 3.05) is 54.5 Å². The van der Waals surface area contributed by atoms with E-state index in [1.807, 2.05) is 19.1 Å². The van der Waals surface area contributed by atoms with Gasteiger partial charge in [-0.3, -0.25) is 9.13 Å².